The molecule has 5 heteroatoms. The molecule has 0 amide bonds. The minimum atomic E-state index is -0.972. The van der Waals surface area contributed by atoms with E-state index in [1.54, 1.807) is 0 Å². The zero-order valence-electron chi connectivity index (χ0n) is 8.90. The van der Waals surface area contributed by atoms with Crippen molar-refractivity contribution in [3.8, 4) is 0 Å². The third-order valence-electron chi connectivity index (χ3n) is 2.17. The topological polar surface area (TPSA) is 87.0 Å². The SMILES string of the molecule is C=C(C)C(=O)OCC(CO)(CO)CCO. The Morgan fingerprint density at radius 2 is 1.87 bits per heavy atom. The van der Waals surface area contributed by atoms with Crippen LogP contribution in [0.3, 0.4) is 0 Å². The van der Waals surface area contributed by atoms with E-state index in [1.807, 2.05) is 0 Å². The number of hydrogen-bond acceptors (Lipinski definition) is 5. The van der Waals surface area contributed by atoms with E-state index >= 15 is 0 Å². The maximum Gasteiger partial charge on any atom is 0.333 e. The first kappa shape index (κ1) is 14.1. The molecular weight excluding hydrogens is 200 g/mol. The highest BCUT2D eigenvalue weighted by molar-refractivity contribution is 5.86. The lowest BCUT2D eigenvalue weighted by Gasteiger charge is -2.28. The van der Waals surface area contributed by atoms with E-state index in [0.29, 0.717) is 0 Å². The number of carbonyl (C=O) groups excluding carboxylic acids is 1. The minimum Gasteiger partial charge on any atom is -0.462 e. The van der Waals surface area contributed by atoms with Crippen molar-refractivity contribution in [3.63, 3.8) is 0 Å². The second-order valence-electron chi connectivity index (χ2n) is 3.65. The van der Waals surface area contributed by atoms with Crippen LogP contribution in [0.5, 0.6) is 0 Å². The summed E-state index contributed by atoms with van der Waals surface area (Å²) in [5.41, 5.74) is -0.719. The molecule has 0 bridgehead atoms. The van der Waals surface area contributed by atoms with E-state index in [2.05, 4.69) is 6.58 Å². The fraction of sp³-hybridized carbons (Fsp3) is 0.700. The molecular formula is C10H18O5. The summed E-state index contributed by atoms with van der Waals surface area (Å²) >= 11 is 0. The van der Waals surface area contributed by atoms with Crippen molar-refractivity contribution in [3.05, 3.63) is 12.2 Å². The molecule has 0 rings (SSSR count). The molecule has 88 valence electrons. The van der Waals surface area contributed by atoms with Gasteiger partial charge in [0.2, 0.25) is 0 Å². The summed E-state index contributed by atoms with van der Waals surface area (Å²) in [6, 6.07) is 0. The van der Waals surface area contributed by atoms with Crippen LogP contribution in [0.2, 0.25) is 0 Å². The van der Waals surface area contributed by atoms with E-state index < -0.39 is 11.4 Å². The maximum atomic E-state index is 11.1. The summed E-state index contributed by atoms with van der Waals surface area (Å²) in [4.78, 5) is 11.1. The number of rotatable bonds is 7. The smallest absolute Gasteiger partial charge is 0.333 e. The van der Waals surface area contributed by atoms with Crippen molar-refractivity contribution in [2.75, 3.05) is 26.4 Å². The number of ether oxygens (including phenoxy) is 1. The first-order chi connectivity index (χ1) is 7.01. The third-order valence-corrected chi connectivity index (χ3v) is 2.17. The zero-order chi connectivity index (χ0) is 11.9. The number of esters is 1. The highest BCUT2D eigenvalue weighted by Gasteiger charge is 2.30. The minimum absolute atomic E-state index is 0.133. The Morgan fingerprint density at radius 3 is 2.20 bits per heavy atom. The van der Waals surface area contributed by atoms with Crippen LogP contribution in [-0.2, 0) is 9.53 Å². The van der Waals surface area contributed by atoms with Crippen LogP contribution in [0.25, 0.3) is 0 Å². The molecule has 0 fully saturated rings. The number of aliphatic hydroxyl groups is 3. The van der Waals surface area contributed by atoms with Gasteiger partial charge in [0.25, 0.3) is 0 Å². The predicted octanol–water partition coefficient (Wildman–Crippen LogP) is -0.541. The Kier molecular flexibility index (Phi) is 6.15. The monoisotopic (exact) mass is 218 g/mol. The van der Waals surface area contributed by atoms with Gasteiger partial charge in [-0.25, -0.2) is 4.79 Å². The van der Waals surface area contributed by atoms with Crippen LogP contribution in [0.15, 0.2) is 12.2 Å². The van der Waals surface area contributed by atoms with Gasteiger partial charge >= 0.3 is 5.97 Å². The molecule has 0 aromatic carbocycles. The van der Waals surface area contributed by atoms with Crippen LogP contribution in [-0.4, -0.2) is 47.7 Å². The van der Waals surface area contributed by atoms with E-state index in [4.69, 9.17) is 20.1 Å². The van der Waals surface area contributed by atoms with E-state index in [1.165, 1.54) is 6.92 Å². The molecule has 0 radical (unpaired) electrons. The number of hydrogen-bond donors (Lipinski definition) is 3. The largest absolute Gasteiger partial charge is 0.462 e. The fourth-order valence-electron chi connectivity index (χ4n) is 0.951. The molecule has 0 saturated heterocycles. The van der Waals surface area contributed by atoms with Gasteiger partial charge in [-0.1, -0.05) is 6.58 Å². The van der Waals surface area contributed by atoms with Gasteiger partial charge in [-0.2, -0.15) is 0 Å². The Labute approximate surface area is 89.0 Å². The molecule has 15 heavy (non-hydrogen) atoms. The molecule has 0 aliphatic heterocycles. The highest BCUT2D eigenvalue weighted by atomic mass is 16.5. The van der Waals surface area contributed by atoms with E-state index in [0.717, 1.165) is 0 Å². The second-order valence-corrected chi connectivity index (χ2v) is 3.65. The standard InChI is InChI=1S/C10H18O5/c1-8(2)9(14)15-7-10(5-12,6-13)3-4-11/h11-13H,1,3-7H2,2H3. The second kappa shape index (κ2) is 6.55. The summed E-state index contributed by atoms with van der Waals surface area (Å²) in [7, 11) is 0. The van der Waals surface area contributed by atoms with Crippen LogP contribution < -0.4 is 0 Å². The number of carbonyl (C=O) groups is 1. The zero-order valence-corrected chi connectivity index (χ0v) is 8.90. The van der Waals surface area contributed by atoms with Crippen LogP contribution >= 0.6 is 0 Å². The van der Waals surface area contributed by atoms with Crippen molar-refractivity contribution in [2.24, 2.45) is 5.41 Å². The van der Waals surface area contributed by atoms with Crippen molar-refractivity contribution in [1.29, 1.82) is 0 Å². The van der Waals surface area contributed by atoms with Gasteiger partial charge in [0.05, 0.1) is 18.6 Å². The molecule has 0 aliphatic rings. The van der Waals surface area contributed by atoms with E-state index in [-0.39, 0.29) is 38.4 Å². The predicted molar refractivity (Wildman–Crippen MR) is 54.1 cm³/mol. The lowest BCUT2D eigenvalue weighted by atomic mass is 9.87. The van der Waals surface area contributed by atoms with Crippen LogP contribution in [0.4, 0.5) is 0 Å². The lowest BCUT2D eigenvalue weighted by molar-refractivity contribution is -0.145. The van der Waals surface area contributed by atoms with Crippen LogP contribution in [0, 0.1) is 5.41 Å². The van der Waals surface area contributed by atoms with E-state index in [9.17, 15) is 4.79 Å². The molecule has 0 aromatic rings. The highest BCUT2D eigenvalue weighted by Crippen LogP contribution is 2.21. The summed E-state index contributed by atoms with van der Waals surface area (Å²) in [6.07, 6.45) is 0.170. The van der Waals surface area contributed by atoms with Crippen molar-refractivity contribution in [2.45, 2.75) is 13.3 Å². The first-order valence-electron chi connectivity index (χ1n) is 4.66. The molecule has 3 N–H and O–H groups in total. The molecule has 0 atom stereocenters. The Hall–Kier alpha value is -0.910. The molecule has 0 unspecified atom stereocenters. The Balaban J connectivity index is 4.28. The summed E-state index contributed by atoms with van der Waals surface area (Å²) in [5.74, 6) is -0.570. The van der Waals surface area contributed by atoms with Gasteiger partial charge in [0.1, 0.15) is 6.61 Å². The average molecular weight is 218 g/mol. The first-order valence-corrected chi connectivity index (χ1v) is 4.66. The third kappa shape index (κ3) is 4.42. The quantitative estimate of drug-likeness (QED) is 0.394. The van der Waals surface area contributed by atoms with Gasteiger partial charge in [-0.3, -0.25) is 0 Å². The molecule has 0 saturated carbocycles. The summed E-state index contributed by atoms with van der Waals surface area (Å²) < 4.78 is 4.83. The summed E-state index contributed by atoms with van der Waals surface area (Å²) in [5, 5.41) is 26.9. The van der Waals surface area contributed by atoms with Gasteiger partial charge in [0.15, 0.2) is 0 Å². The average Bonchev–Trinajstić information content (AvgIpc) is 2.23. The molecule has 0 aromatic heterocycles. The van der Waals surface area contributed by atoms with Gasteiger partial charge < -0.3 is 20.1 Å². The summed E-state index contributed by atoms with van der Waals surface area (Å²) in [6.45, 7) is 3.88. The molecule has 0 spiro atoms. The van der Waals surface area contributed by atoms with Crippen molar-refractivity contribution >= 4 is 5.97 Å². The normalized spacial score (nSPS) is 11.2. The van der Waals surface area contributed by atoms with Gasteiger partial charge in [-0.15, -0.1) is 0 Å². The number of aliphatic hydroxyl groups excluding tert-OH is 3. The Morgan fingerprint density at radius 1 is 1.33 bits per heavy atom. The Bertz CT molecular complexity index is 220. The molecule has 0 heterocycles. The van der Waals surface area contributed by atoms with Crippen LogP contribution in [0.1, 0.15) is 13.3 Å². The van der Waals surface area contributed by atoms with Crippen molar-refractivity contribution < 1.29 is 24.9 Å². The van der Waals surface area contributed by atoms with Gasteiger partial charge in [0, 0.05) is 12.2 Å². The lowest BCUT2D eigenvalue weighted by Crippen LogP contribution is -2.37. The van der Waals surface area contributed by atoms with Crippen molar-refractivity contribution in [1.82, 2.24) is 0 Å². The molecule has 0 aliphatic carbocycles. The maximum absolute atomic E-state index is 11.1. The fourth-order valence-corrected chi connectivity index (χ4v) is 0.951. The van der Waals surface area contributed by atoms with Gasteiger partial charge in [-0.05, 0) is 13.3 Å². The molecule has 5 nitrogen and oxygen atoms in total.